The Kier molecular flexibility index (Phi) is 4.61. The molecule has 1 aromatic heterocycles. The SMILES string of the molecule is Cc1nn(C)c(NCCCC(C)CO)c1N. The van der Waals surface area contributed by atoms with Crippen LogP contribution in [0.4, 0.5) is 11.5 Å². The van der Waals surface area contributed by atoms with Crippen molar-refractivity contribution in [1.82, 2.24) is 9.78 Å². The molecule has 1 rings (SSSR count). The Labute approximate surface area is 96.6 Å². The second kappa shape index (κ2) is 5.75. The van der Waals surface area contributed by atoms with Gasteiger partial charge in [-0.2, -0.15) is 5.10 Å². The molecule has 16 heavy (non-hydrogen) atoms. The summed E-state index contributed by atoms with van der Waals surface area (Å²) >= 11 is 0. The van der Waals surface area contributed by atoms with E-state index in [2.05, 4.69) is 10.4 Å². The molecule has 1 heterocycles. The van der Waals surface area contributed by atoms with Gasteiger partial charge in [0.15, 0.2) is 0 Å². The van der Waals surface area contributed by atoms with E-state index < -0.39 is 0 Å². The molecule has 5 heteroatoms. The fraction of sp³-hybridized carbons (Fsp3) is 0.727. The van der Waals surface area contributed by atoms with E-state index >= 15 is 0 Å². The van der Waals surface area contributed by atoms with Crippen molar-refractivity contribution in [2.24, 2.45) is 13.0 Å². The van der Waals surface area contributed by atoms with Crippen molar-refractivity contribution in [2.75, 3.05) is 24.2 Å². The van der Waals surface area contributed by atoms with Crippen molar-refractivity contribution in [3.05, 3.63) is 5.69 Å². The maximum absolute atomic E-state index is 8.89. The number of hydrogen-bond acceptors (Lipinski definition) is 4. The minimum Gasteiger partial charge on any atom is -0.396 e. The minimum atomic E-state index is 0.257. The van der Waals surface area contributed by atoms with Crippen LogP contribution in [0, 0.1) is 12.8 Å². The van der Waals surface area contributed by atoms with Crippen molar-refractivity contribution >= 4 is 11.5 Å². The van der Waals surface area contributed by atoms with Gasteiger partial charge in [0.05, 0.1) is 11.4 Å². The van der Waals surface area contributed by atoms with Gasteiger partial charge in [-0.05, 0) is 25.7 Å². The molecule has 0 bridgehead atoms. The summed E-state index contributed by atoms with van der Waals surface area (Å²) in [7, 11) is 1.88. The molecular weight excluding hydrogens is 204 g/mol. The number of aliphatic hydroxyl groups is 1. The van der Waals surface area contributed by atoms with Gasteiger partial charge in [-0.15, -0.1) is 0 Å². The number of anilines is 2. The molecule has 1 aromatic rings. The van der Waals surface area contributed by atoms with Crippen molar-refractivity contribution < 1.29 is 5.11 Å². The van der Waals surface area contributed by atoms with Gasteiger partial charge in [0, 0.05) is 20.2 Å². The lowest BCUT2D eigenvalue weighted by atomic mass is 10.1. The largest absolute Gasteiger partial charge is 0.396 e. The molecule has 0 saturated heterocycles. The van der Waals surface area contributed by atoms with Gasteiger partial charge in [-0.1, -0.05) is 6.92 Å². The van der Waals surface area contributed by atoms with Crippen LogP contribution in [0.3, 0.4) is 0 Å². The van der Waals surface area contributed by atoms with Crippen molar-refractivity contribution in [2.45, 2.75) is 26.7 Å². The predicted molar refractivity (Wildman–Crippen MR) is 66.3 cm³/mol. The molecule has 92 valence electrons. The van der Waals surface area contributed by atoms with Crippen LogP contribution < -0.4 is 11.1 Å². The normalized spacial score (nSPS) is 12.8. The number of nitrogens with zero attached hydrogens (tertiary/aromatic N) is 2. The molecule has 0 aliphatic carbocycles. The Morgan fingerprint density at radius 1 is 1.56 bits per heavy atom. The molecule has 0 radical (unpaired) electrons. The van der Waals surface area contributed by atoms with Crippen molar-refractivity contribution in [3.63, 3.8) is 0 Å². The average molecular weight is 226 g/mol. The topological polar surface area (TPSA) is 76.1 Å². The zero-order valence-electron chi connectivity index (χ0n) is 10.3. The third kappa shape index (κ3) is 3.13. The first-order valence-electron chi connectivity index (χ1n) is 5.70. The molecule has 1 atom stereocenters. The number of rotatable bonds is 6. The van der Waals surface area contributed by atoms with Crippen LogP contribution in [-0.2, 0) is 7.05 Å². The number of nitrogen functional groups attached to an aromatic ring is 1. The summed E-state index contributed by atoms with van der Waals surface area (Å²) in [6, 6.07) is 0. The Bertz CT molecular complexity index is 335. The van der Waals surface area contributed by atoms with E-state index in [-0.39, 0.29) is 6.61 Å². The summed E-state index contributed by atoms with van der Waals surface area (Å²) in [5, 5.41) is 16.4. The van der Waals surface area contributed by atoms with Gasteiger partial charge < -0.3 is 16.2 Å². The molecule has 4 N–H and O–H groups in total. The second-order valence-corrected chi connectivity index (χ2v) is 4.33. The van der Waals surface area contributed by atoms with Crippen LogP contribution in [0.15, 0.2) is 0 Å². The summed E-state index contributed by atoms with van der Waals surface area (Å²) in [6.07, 6.45) is 2.03. The molecule has 1 unspecified atom stereocenters. The Balaban J connectivity index is 2.37. The highest BCUT2D eigenvalue weighted by molar-refractivity contribution is 5.64. The Hall–Kier alpha value is -1.23. The molecule has 5 nitrogen and oxygen atoms in total. The lowest BCUT2D eigenvalue weighted by molar-refractivity contribution is 0.229. The van der Waals surface area contributed by atoms with E-state index in [4.69, 9.17) is 10.8 Å². The standard InChI is InChI=1S/C11H22N4O/c1-8(7-16)5-4-6-13-11-10(12)9(2)14-15(11)3/h8,13,16H,4-7,12H2,1-3H3. The van der Waals surface area contributed by atoms with E-state index in [0.29, 0.717) is 5.92 Å². The Morgan fingerprint density at radius 2 is 2.25 bits per heavy atom. The van der Waals surface area contributed by atoms with Gasteiger partial charge in [0.25, 0.3) is 0 Å². The first-order valence-corrected chi connectivity index (χ1v) is 5.70. The summed E-state index contributed by atoms with van der Waals surface area (Å²) < 4.78 is 1.76. The van der Waals surface area contributed by atoms with Gasteiger partial charge in [0.1, 0.15) is 5.82 Å². The zero-order chi connectivity index (χ0) is 12.1. The third-order valence-electron chi connectivity index (χ3n) is 2.75. The smallest absolute Gasteiger partial charge is 0.147 e. The van der Waals surface area contributed by atoms with E-state index in [1.165, 1.54) is 0 Å². The van der Waals surface area contributed by atoms with Gasteiger partial charge in [0.2, 0.25) is 0 Å². The molecule has 0 aliphatic rings. The van der Waals surface area contributed by atoms with Crippen LogP contribution >= 0.6 is 0 Å². The highest BCUT2D eigenvalue weighted by Crippen LogP contribution is 2.20. The van der Waals surface area contributed by atoms with E-state index in [9.17, 15) is 0 Å². The predicted octanol–water partition coefficient (Wildman–Crippen LogP) is 1.13. The number of aryl methyl sites for hydroxylation is 2. The summed E-state index contributed by atoms with van der Waals surface area (Å²) in [5.41, 5.74) is 7.46. The maximum atomic E-state index is 8.89. The summed E-state index contributed by atoms with van der Waals surface area (Å²) in [4.78, 5) is 0. The van der Waals surface area contributed by atoms with Crippen molar-refractivity contribution in [1.29, 1.82) is 0 Å². The molecule has 0 aromatic carbocycles. The lowest BCUT2D eigenvalue weighted by Crippen LogP contribution is -2.10. The molecule has 0 fully saturated rings. The summed E-state index contributed by atoms with van der Waals surface area (Å²) in [5.74, 6) is 1.25. The minimum absolute atomic E-state index is 0.257. The maximum Gasteiger partial charge on any atom is 0.147 e. The molecule has 0 saturated carbocycles. The molecule has 0 spiro atoms. The fourth-order valence-corrected chi connectivity index (χ4v) is 1.63. The van der Waals surface area contributed by atoms with Crippen LogP contribution in [0.1, 0.15) is 25.5 Å². The monoisotopic (exact) mass is 226 g/mol. The van der Waals surface area contributed by atoms with Gasteiger partial charge in [-0.3, -0.25) is 4.68 Å². The third-order valence-corrected chi connectivity index (χ3v) is 2.75. The van der Waals surface area contributed by atoms with Crippen LogP contribution in [-0.4, -0.2) is 28.0 Å². The number of nitrogens with two attached hydrogens (primary N) is 1. The number of aliphatic hydroxyl groups excluding tert-OH is 1. The van der Waals surface area contributed by atoms with E-state index in [1.807, 2.05) is 20.9 Å². The van der Waals surface area contributed by atoms with Crippen LogP contribution in [0.5, 0.6) is 0 Å². The Morgan fingerprint density at radius 3 is 2.75 bits per heavy atom. The number of hydrogen-bond donors (Lipinski definition) is 3. The van der Waals surface area contributed by atoms with Crippen molar-refractivity contribution in [3.8, 4) is 0 Å². The first kappa shape index (κ1) is 12.8. The van der Waals surface area contributed by atoms with Crippen LogP contribution in [0.2, 0.25) is 0 Å². The fourth-order valence-electron chi connectivity index (χ4n) is 1.63. The van der Waals surface area contributed by atoms with E-state index in [0.717, 1.165) is 36.6 Å². The summed E-state index contributed by atoms with van der Waals surface area (Å²) in [6.45, 7) is 5.05. The molecule has 0 amide bonds. The van der Waals surface area contributed by atoms with Gasteiger partial charge in [-0.25, -0.2) is 0 Å². The number of aromatic nitrogens is 2. The molecule has 0 aliphatic heterocycles. The average Bonchev–Trinajstić information content (AvgIpc) is 2.49. The highest BCUT2D eigenvalue weighted by atomic mass is 16.3. The van der Waals surface area contributed by atoms with Gasteiger partial charge >= 0.3 is 0 Å². The lowest BCUT2D eigenvalue weighted by Gasteiger charge is -2.10. The first-order chi connectivity index (χ1) is 7.56. The van der Waals surface area contributed by atoms with E-state index in [1.54, 1.807) is 4.68 Å². The quantitative estimate of drug-likeness (QED) is 0.636. The van der Waals surface area contributed by atoms with Crippen LogP contribution in [0.25, 0.3) is 0 Å². The highest BCUT2D eigenvalue weighted by Gasteiger charge is 2.08. The second-order valence-electron chi connectivity index (χ2n) is 4.33. The molecular formula is C11H22N4O. The zero-order valence-corrected chi connectivity index (χ0v) is 10.3. The number of nitrogens with one attached hydrogen (secondary N) is 1.